The smallest absolute Gasteiger partial charge is 0.410 e. The third-order valence-corrected chi connectivity index (χ3v) is 3.95. The van der Waals surface area contributed by atoms with Crippen LogP contribution in [0.15, 0.2) is 42.7 Å². The predicted molar refractivity (Wildman–Crippen MR) is 88.6 cm³/mol. The van der Waals surface area contributed by atoms with E-state index < -0.39 is 24.2 Å². The molecule has 0 aliphatic carbocycles. The maximum absolute atomic E-state index is 13.5. The van der Waals surface area contributed by atoms with Gasteiger partial charge in [0.05, 0.1) is 12.2 Å². The Balaban J connectivity index is 2.45. The minimum Gasteiger partial charge on any atom is -0.477 e. The maximum Gasteiger partial charge on any atom is 0.410 e. The van der Waals surface area contributed by atoms with Gasteiger partial charge in [0.15, 0.2) is 6.04 Å². The zero-order chi connectivity index (χ0) is 18.6. The lowest BCUT2D eigenvalue weighted by Crippen LogP contribution is -2.40. The summed E-state index contributed by atoms with van der Waals surface area (Å²) in [6.07, 6.45) is 4.58. The van der Waals surface area contributed by atoms with E-state index in [-0.39, 0.29) is 17.8 Å². The number of nitrogens with one attached hydrogen (secondary N) is 1. The lowest BCUT2D eigenvalue weighted by Gasteiger charge is -2.34. The molecule has 0 bridgehead atoms. The number of carboxylic acids is 1. The van der Waals surface area contributed by atoms with E-state index in [0.29, 0.717) is 10.3 Å². The Morgan fingerprint density at radius 2 is 2.28 bits per heavy atom. The van der Waals surface area contributed by atoms with E-state index in [1.165, 1.54) is 6.08 Å². The number of halogens is 3. The van der Waals surface area contributed by atoms with Crippen molar-refractivity contribution in [2.75, 3.05) is 5.32 Å². The molecule has 0 saturated carbocycles. The van der Waals surface area contributed by atoms with Crippen LogP contribution in [0.5, 0.6) is 0 Å². The van der Waals surface area contributed by atoms with E-state index in [1.54, 1.807) is 12.2 Å². The van der Waals surface area contributed by atoms with Gasteiger partial charge in [0.2, 0.25) is 0 Å². The van der Waals surface area contributed by atoms with E-state index in [4.69, 9.17) is 0 Å². The van der Waals surface area contributed by atoms with Crippen molar-refractivity contribution in [3.8, 4) is 0 Å². The molecule has 0 saturated heterocycles. The zero-order valence-electron chi connectivity index (χ0n) is 13.8. The molecule has 2 rings (SSSR count). The summed E-state index contributed by atoms with van der Waals surface area (Å²) in [7, 11) is 0. The Morgan fingerprint density at radius 3 is 2.84 bits per heavy atom. The van der Waals surface area contributed by atoms with Crippen molar-refractivity contribution >= 4 is 11.8 Å². The van der Waals surface area contributed by atoms with Gasteiger partial charge >= 0.3 is 12.1 Å². The number of hydrogen-bond donors (Lipinski definition) is 2. The molecule has 2 N–H and O–H groups in total. The molecule has 0 aromatic carbocycles. The average Bonchev–Trinajstić information content (AvgIpc) is 2.96. The summed E-state index contributed by atoms with van der Waals surface area (Å²) in [6.45, 7) is 5.60. The molecular formula is C17H20F3N3O2. The van der Waals surface area contributed by atoms with Crippen LogP contribution in [0.25, 0.3) is 0 Å². The molecule has 25 heavy (non-hydrogen) atoms. The van der Waals surface area contributed by atoms with Gasteiger partial charge in [-0.05, 0) is 12.0 Å². The van der Waals surface area contributed by atoms with Gasteiger partial charge in [0.1, 0.15) is 11.4 Å². The minimum atomic E-state index is -4.54. The van der Waals surface area contributed by atoms with Gasteiger partial charge in [-0.3, -0.25) is 0 Å². The van der Waals surface area contributed by atoms with Crippen molar-refractivity contribution in [3.63, 3.8) is 0 Å². The molecule has 1 aliphatic heterocycles. The normalized spacial score (nSPS) is 21.0. The van der Waals surface area contributed by atoms with Gasteiger partial charge in [-0.1, -0.05) is 44.2 Å². The predicted octanol–water partition coefficient (Wildman–Crippen LogP) is 4.34. The van der Waals surface area contributed by atoms with E-state index in [2.05, 4.69) is 17.0 Å². The second-order valence-corrected chi connectivity index (χ2v) is 5.74. The van der Waals surface area contributed by atoms with Crippen LogP contribution in [0.3, 0.4) is 0 Å². The number of hydrogen-bond acceptors (Lipinski definition) is 3. The van der Waals surface area contributed by atoms with Crippen LogP contribution < -0.4 is 5.32 Å². The topological polar surface area (TPSA) is 67.2 Å². The Morgan fingerprint density at radius 1 is 1.56 bits per heavy atom. The van der Waals surface area contributed by atoms with Crippen molar-refractivity contribution in [1.29, 1.82) is 0 Å². The highest BCUT2D eigenvalue weighted by Gasteiger charge is 2.47. The number of anilines is 1. The van der Waals surface area contributed by atoms with Gasteiger partial charge < -0.3 is 10.4 Å². The molecule has 1 aliphatic rings. The van der Waals surface area contributed by atoms with Crippen LogP contribution in [-0.2, 0) is 0 Å². The first-order valence-corrected chi connectivity index (χ1v) is 7.92. The molecule has 1 aromatic heterocycles. The van der Waals surface area contributed by atoms with E-state index in [9.17, 15) is 23.1 Å². The number of alkyl halides is 3. The summed E-state index contributed by atoms with van der Waals surface area (Å²) >= 11 is 0. The number of nitrogens with zero attached hydrogens (tertiary/aromatic N) is 2. The second kappa shape index (κ2) is 7.58. The van der Waals surface area contributed by atoms with Gasteiger partial charge in [-0.15, -0.1) is 0 Å². The van der Waals surface area contributed by atoms with E-state index in [0.717, 1.165) is 19.0 Å². The third-order valence-electron chi connectivity index (χ3n) is 3.95. The number of allylic oxidation sites excluding steroid dienone is 3. The van der Waals surface area contributed by atoms with Gasteiger partial charge in [0.25, 0.3) is 0 Å². The Kier molecular flexibility index (Phi) is 5.71. The van der Waals surface area contributed by atoms with E-state index in [1.807, 2.05) is 13.0 Å². The van der Waals surface area contributed by atoms with Crippen LogP contribution in [0.4, 0.5) is 19.0 Å². The summed E-state index contributed by atoms with van der Waals surface area (Å²) in [5, 5.41) is 15.7. The molecule has 2 atom stereocenters. The fourth-order valence-electron chi connectivity index (χ4n) is 2.75. The van der Waals surface area contributed by atoms with Crippen molar-refractivity contribution in [1.82, 2.24) is 9.78 Å². The fourth-order valence-corrected chi connectivity index (χ4v) is 2.75. The number of carboxylic acid groups (broad SMARTS) is 1. The van der Waals surface area contributed by atoms with Crippen LogP contribution >= 0.6 is 0 Å². The van der Waals surface area contributed by atoms with Crippen molar-refractivity contribution in [2.45, 2.75) is 44.4 Å². The third kappa shape index (κ3) is 4.12. The standard InChI is InChI=1S/C17H20F3N3O2/c1-3-5-6-8-11(7-4-2)13-9-14(17(18,19)20)23-15(22-13)12(10-21-23)16(24)25/h4,6-8,10,13-14,22H,2-3,5,9H2,1H3,(H,24,25)/b8-6-,11-7+. The van der Waals surface area contributed by atoms with Crippen LogP contribution in [0, 0.1) is 0 Å². The highest BCUT2D eigenvalue weighted by molar-refractivity contribution is 5.93. The Bertz CT molecular complexity index is 704. The van der Waals surface area contributed by atoms with Gasteiger partial charge in [0, 0.05) is 6.42 Å². The average molecular weight is 355 g/mol. The Labute approximate surface area is 143 Å². The molecule has 2 heterocycles. The molecule has 2 unspecified atom stereocenters. The molecule has 8 heteroatoms. The largest absolute Gasteiger partial charge is 0.477 e. The summed E-state index contributed by atoms with van der Waals surface area (Å²) in [6, 6.07) is -2.59. The second-order valence-electron chi connectivity index (χ2n) is 5.74. The lowest BCUT2D eigenvalue weighted by atomic mass is 9.95. The van der Waals surface area contributed by atoms with Gasteiger partial charge in [-0.2, -0.15) is 18.3 Å². The summed E-state index contributed by atoms with van der Waals surface area (Å²) in [5.74, 6) is -1.46. The quantitative estimate of drug-likeness (QED) is 0.745. The van der Waals surface area contributed by atoms with Crippen molar-refractivity contribution < 1.29 is 23.1 Å². The van der Waals surface area contributed by atoms with Crippen LogP contribution in [-0.4, -0.2) is 33.1 Å². The molecule has 0 spiro atoms. The number of unbranched alkanes of at least 4 members (excludes halogenated alkanes) is 1. The number of rotatable bonds is 6. The van der Waals surface area contributed by atoms with Crippen molar-refractivity contribution in [3.05, 3.63) is 48.2 Å². The number of fused-ring (bicyclic) bond motifs is 1. The fraction of sp³-hybridized carbons (Fsp3) is 0.412. The van der Waals surface area contributed by atoms with E-state index >= 15 is 0 Å². The highest BCUT2D eigenvalue weighted by Crippen LogP contribution is 2.41. The first-order chi connectivity index (χ1) is 11.8. The lowest BCUT2D eigenvalue weighted by molar-refractivity contribution is -0.173. The van der Waals surface area contributed by atoms with Gasteiger partial charge in [-0.25, -0.2) is 9.48 Å². The molecule has 1 aromatic rings. The highest BCUT2D eigenvalue weighted by atomic mass is 19.4. The number of aromatic carboxylic acids is 1. The first kappa shape index (κ1) is 18.8. The molecule has 0 fully saturated rings. The monoisotopic (exact) mass is 355 g/mol. The summed E-state index contributed by atoms with van der Waals surface area (Å²) in [4.78, 5) is 11.3. The maximum atomic E-state index is 13.5. The number of aromatic nitrogens is 2. The number of carbonyl (C=O) groups is 1. The summed E-state index contributed by atoms with van der Waals surface area (Å²) in [5.41, 5.74) is 0.330. The summed E-state index contributed by atoms with van der Waals surface area (Å²) < 4.78 is 41.1. The molecular weight excluding hydrogens is 335 g/mol. The van der Waals surface area contributed by atoms with Crippen molar-refractivity contribution in [2.24, 2.45) is 0 Å². The molecule has 136 valence electrons. The SMILES string of the molecule is C=C/C=C(\C=C/CCC)C1CC(C(F)(F)F)n2ncc(C(=O)O)c2N1. The molecule has 0 amide bonds. The Hall–Kier alpha value is -2.51. The molecule has 0 radical (unpaired) electrons. The molecule has 5 nitrogen and oxygen atoms in total. The first-order valence-electron chi connectivity index (χ1n) is 7.92. The van der Waals surface area contributed by atoms with Crippen LogP contribution in [0.1, 0.15) is 42.6 Å². The minimum absolute atomic E-state index is 0.134. The zero-order valence-corrected chi connectivity index (χ0v) is 13.8. The van der Waals surface area contributed by atoms with Crippen LogP contribution in [0.2, 0.25) is 0 Å².